The molecule has 0 aromatic heterocycles. The summed E-state index contributed by atoms with van der Waals surface area (Å²) in [5.74, 6) is 0. The first-order chi connectivity index (χ1) is 12.0. The SMILES string of the molecule is CCCCCCCCCCCCc1ccc2c(c1)C(C)(C)CC(C)N2. The molecule has 0 spiro atoms. The van der Waals surface area contributed by atoms with Crippen molar-refractivity contribution in [2.24, 2.45) is 0 Å². The standard InChI is InChI=1S/C24H41N/c1-5-6-7-8-9-10-11-12-13-14-15-21-16-17-23-22(18-21)24(3,4)19-20(2)25-23/h16-18,20,25H,5-15,19H2,1-4H3. The van der Waals surface area contributed by atoms with Crippen molar-refractivity contribution in [3.05, 3.63) is 29.3 Å². The van der Waals surface area contributed by atoms with Crippen molar-refractivity contribution < 1.29 is 0 Å². The molecule has 1 N–H and O–H groups in total. The zero-order valence-electron chi connectivity index (χ0n) is 17.3. The second-order valence-electron chi connectivity index (χ2n) is 8.95. The summed E-state index contributed by atoms with van der Waals surface area (Å²) in [6.45, 7) is 9.38. The van der Waals surface area contributed by atoms with Crippen molar-refractivity contribution in [3.8, 4) is 0 Å². The molecular formula is C24H41N. The van der Waals surface area contributed by atoms with Crippen LogP contribution in [0.5, 0.6) is 0 Å². The zero-order valence-corrected chi connectivity index (χ0v) is 17.3. The number of hydrogen-bond donors (Lipinski definition) is 1. The minimum atomic E-state index is 0.299. The number of unbranched alkanes of at least 4 members (excludes halogenated alkanes) is 9. The highest BCUT2D eigenvalue weighted by Gasteiger charge is 2.30. The Kier molecular flexibility index (Phi) is 8.33. The monoisotopic (exact) mass is 343 g/mol. The number of benzene rings is 1. The minimum Gasteiger partial charge on any atom is -0.382 e. The first-order valence-electron chi connectivity index (χ1n) is 10.9. The van der Waals surface area contributed by atoms with Crippen molar-refractivity contribution in [1.82, 2.24) is 0 Å². The number of rotatable bonds is 11. The smallest absolute Gasteiger partial charge is 0.0380 e. The molecule has 1 aliphatic heterocycles. The molecule has 0 radical (unpaired) electrons. The molecule has 0 saturated carbocycles. The maximum absolute atomic E-state index is 3.65. The normalized spacial score (nSPS) is 18.6. The van der Waals surface area contributed by atoms with E-state index in [1.165, 1.54) is 93.9 Å². The van der Waals surface area contributed by atoms with Crippen LogP contribution in [0.3, 0.4) is 0 Å². The first-order valence-corrected chi connectivity index (χ1v) is 10.9. The predicted octanol–water partition coefficient (Wildman–Crippen LogP) is 7.63. The number of nitrogens with one attached hydrogen (secondary N) is 1. The van der Waals surface area contributed by atoms with Crippen LogP contribution in [0.1, 0.15) is 109 Å². The van der Waals surface area contributed by atoms with Crippen molar-refractivity contribution in [2.45, 2.75) is 116 Å². The summed E-state index contributed by atoms with van der Waals surface area (Å²) >= 11 is 0. The van der Waals surface area contributed by atoms with Crippen molar-refractivity contribution in [3.63, 3.8) is 0 Å². The molecule has 1 aliphatic rings. The van der Waals surface area contributed by atoms with Crippen LogP contribution in [0.15, 0.2) is 18.2 Å². The Morgan fingerprint density at radius 3 is 2.16 bits per heavy atom. The summed E-state index contributed by atoms with van der Waals surface area (Å²) in [4.78, 5) is 0. The van der Waals surface area contributed by atoms with Crippen LogP contribution >= 0.6 is 0 Å². The van der Waals surface area contributed by atoms with Gasteiger partial charge >= 0.3 is 0 Å². The van der Waals surface area contributed by atoms with E-state index in [2.05, 4.69) is 51.2 Å². The number of fused-ring (bicyclic) bond motifs is 1. The summed E-state index contributed by atoms with van der Waals surface area (Å²) in [5, 5.41) is 3.65. The molecule has 2 rings (SSSR count). The van der Waals surface area contributed by atoms with Gasteiger partial charge in [0, 0.05) is 11.7 Å². The Morgan fingerprint density at radius 2 is 1.52 bits per heavy atom. The molecule has 0 aliphatic carbocycles. The molecule has 1 aromatic rings. The third-order valence-electron chi connectivity index (χ3n) is 5.85. The first kappa shape index (κ1) is 20.3. The highest BCUT2D eigenvalue weighted by molar-refractivity contribution is 5.58. The fourth-order valence-electron chi connectivity index (χ4n) is 4.44. The molecule has 142 valence electrons. The lowest BCUT2D eigenvalue weighted by molar-refractivity contribution is 0.434. The fourth-order valence-corrected chi connectivity index (χ4v) is 4.44. The molecule has 1 heteroatoms. The highest BCUT2D eigenvalue weighted by Crippen LogP contribution is 2.39. The van der Waals surface area contributed by atoms with E-state index in [4.69, 9.17) is 0 Å². The lowest BCUT2D eigenvalue weighted by Crippen LogP contribution is -2.34. The van der Waals surface area contributed by atoms with Gasteiger partial charge in [-0.15, -0.1) is 0 Å². The van der Waals surface area contributed by atoms with E-state index < -0.39 is 0 Å². The molecule has 1 unspecified atom stereocenters. The van der Waals surface area contributed by atoms with Crippen LogP contribution in [0.2, 0.25) is 0 Å². The molecule has 1 heterocycles. The molecule has 1 nitrogen and oxygen atoms in total. The number of aryl methyl sites for hydroxylation is 1. The molecule has 0 saturated heterocycles. The zero-order chi connectivity index (χ0) is 18.1. The van der Waals surface area contributed by atoms with Gasteiger partial charge in [0.2, 0.25) is 0 Å². The molecule has 1 aromatic carbocycles. The van der Waals surface area contributed by atoms with Crippen LogP contribution in [0, 0.1) is 0 Å². The summed E-state index contributed by atoms with van der Waals surface area (Å²) < 4.78 is 0. The van der Waals surface area contributed by atoms with Crippen LogP contribution in [-0.4, -0.2) is 6.04 Å². The van der Waals surface area contributed by atoms with E-state index in [0.717, 1.165) is 0 Å². The lowest BCUT2D eigenvalue weighted by atomic mass is 9.75. The maximum atomic E-state index is 3.65. The lowest BCUT2D eigenvalue weighted by Gasteiger charge is -2.37. The Bertz CT molecular complexity index is 503. The molecule has 25 heavy (non-hydrogen) atoms. The average molecular weight is 344 g/mol. The van der Waals surface area contributed by atoms with Gasteiger partial charge in [0.15, 0.2) is 0 Å². The summed E-state index contributed by atoms with van der Waals surface area (Å²) in [6, 6.07) is 7.71. The second-order valence-corrected chi connectivity index (χ2v) is 8.95. The van der Waals surface area contributed by atoms with E-state index >= 15 is 0 Å². The third-order valence-corrected chi connectivity index (χ3v) is 5.85. The van der Waals surface area contributed by atoms with Gasteiger partial charge < -0.3 is 5.32 Å². The van der Waals surface area contributed by atoms with Gasteiger partial charge in [-0.1, -0.05) is 90.7 Å². The number of hydrogen-bond acceptors (Lipinski definition) is 1. The summed E-state index contributed by atoms with van der Waals surface area (Å²) in [5.41, 5.74) is 4.71. The van der Waals surface area contributed by atoms with Crippen LogP contribution < -0.4 is 5.32 Å². The molecule has 0 fully saturated rings. The van der Waals surface area contributed by atoms with Crippen molar-refractivity contribution in [2.75, 3.05) is 5.32 Å². The van der Waals surface area contributed by atoms with Gasteiger partial charge in [-0.05, 0) is 48.8 Å². The van der Waals surface area contributed by atoms with E-state index in [1.807, 2.05) is 0 Å². The molecular weight excluding hydrogens is 302 g/mol. The van der Waals surface area contributed by atoms with Crippen LogP contribution in [0.25, 0.3) is 0 Å². The van der Waals surface area contributed by atoms with Crippen LogP contribution in [-0.2, 0) is 11.8 Å². The Labute approximate surface area is 157 Å². The van der Waals surface area contributed by atoms with E-state index in [-0.39, 0.29) is 0 Å². The van der Waals surface area contributed by atoms with E-state index in [1.54, 1.807) is 0 Å². The molecule has 1 atom stereocenters. The highest BCUT2D eigenvalue weighted by atomic mass is 14.9. The third kappa shape index (κ3) is 6.68. The quantitative estimate of drug-likeness (QED) is 0.407. The number of anilines is 1. The fraction of sp³-hybridized carbons (Fsp3) is 0.750. The van der Waals surface area contributed by atoms with Gasteiger partial charge in [-0.25, -0.2) is 0 Å². The summed E-state index contributed by atoms with van der Waals surface area (Å²) in [6.07, 6.45) is 16.6. The van der Waals surface area contributed by atoms with Gasteiger partial charge in [0.05, 0.1) is 0 Å². The molecule has 0 bridgehead atoms. The Balaban J connectivity index is 1.65. The Morgan fingerprint density at radius 1 is 0.920 bits per heavy atom. The van der Waals surface area contributed by atoms with Crippen molar-refractivity contribution in [1.29, 1.82) is 0 Å². The Hall–Kier alpha value is -0.980. The minimum absolute atomic E-state index is 0.299. The molecule has 0 amide bonds. The summed E-state index contributed by atoms with van der Waals surface area (Å²) in [7, 11) is 0. The average Bonchev–Trinajstić information content (AvgIpc) is 2.56. The second kappa shape index (κ2) is 10.2. The van der Waals surface area contributed by atoms with Crippen LogP contribution in [0.4, 0.5) is 5.69 Å². The largest absolute Gasteiger partial charge is 0.382 e. The maximum Gasteiger partial charge on any atom is 0.0380 e. The van der Waals surface area contributed by atoms with Gasteiger partial charge in [0.1, 0.15) is 0 Å². The van der Waals surface area contributed by atoms with E-state index in [9.17, 15) is 0 Å². The van der Waals surface area contributed by atoms with Gasteiger partial charge in [-0.3, -0.25) is 0 Å². The topological polar surface area (TPSA) is 12.0 Å². The van der Waals surface area contributed by atoms with Gasteiger partial charge in [-0.2, -0.15) is 0 Å². The van der Waals surface area contributed by atoms with E-state index in [0.29, 0.717) is 11.5 Å². The van der Waals surface area contributed by atoms with Crippen molar-refractivity contribution >= 4 is 5.69 Å². The predicted molar refractivity (Wildman–Crippen MR) is 113 cm³/mol. The van der Waals surface area contributed by atoms with Gasteiger partial charge in [0.25, 0.3) is 0 Å².